The maximum Gasteiger partial charge on any atom is 0.229 e. The summed E-state index contributed by atoms with van der Waals surface area (Å²) in [5.74, 6) is 0.431. The number of carbonyl (C=O) groups excluding carboxylic acids is 1. The molecule has 1 fully saturated rings. The van der Waals surface area contributed by atoms with Gasteiger partial charge in [0.15, 0.2) is 0 Å². The third-order valence-corrected chi connectivity index (χ3v) is 3.73. The first-order valence-corrected chi connectivity index (χ1v) is 6.65. The van der Waals surface area contributed by atoms with Crippen molar-refractivity contribution in [1.29, 1.82) is 0 Å². The van der Waals surface area contributed by atoms with Crippen molar-refractivity contribution in [3.63, 3.8) is 0 Å². The Labute approximate surface area is 109 Å². The van der Waals surface area contributed by atoms with Crippen LogP contribution in [0.4, 0.5) is 5.69 Å². The molecule has 1 aromatic rings. The predicted octanol–water partition coefficient (Wildman–Crippen LogP) is 2.27. The largest absolute Gasteiger partial charge is 0.317 e. The van der Waals surface area contributed by atoms with Crippen molar-refractivity contribution in [2.45, 2.75) is 26.7 Å². The first kappa shape index (κ1) is 13.1. The molecule has 3 heteroatoms. The van der Waals surface area contributed by atoms with Gasteiger partial charge < -0.3 is 10.2 Å². The molecular weight excluding hydrogens is 224 g/mol. The van der Waals surface area contributed by atoms with E-state index in [1.54, 1.807) is 0 Å². The minimum Gasteiger partial charge on any atom is -0.317 e. The molecule has 1 heterocycles. The SMILES string of the molecule is Cc1ccc(N(C)C(=O)C2CCNCC2)c(C)c1. The molecule has 3 nitrogen and oxygen atoms in total. The molecule has 0 unspecified atom stereocenters. The maximum atomic E-state index is 12.4. The van der Waals surface area contributed by atoms with Crippen LogP contribution in [0.2, 0.25) is 0 Å². The Bertz CT molecular complexity index is 436. The number of hydrogen-bond acceptors (Lipinski definition) is 2. The summed E-state index contributed by atoms with van der Waals surface area (Å²) in [6.45, 7) is 6.05. The Hall–Kier alpha value is -1.35. The van der Waals surface area contributed by atoms with Crippen LogP contribution in [0.3, 0.4) is 0 Å². The van der Waals surface area contributed by atoms with Gasteiger partial charge in [0.25, 0.3) is 0 Å². The maximum absolute atomic E-state index is 12.4. The Kier molecular flexibility index (Phi) is 4.02. The van der Waals surface area contributed by atoms with Gasteiger partial charge in [-0.25, -0.2) is 0 Å². The topological polar surface area (TPSA) is 32.3 Å². The number of hydrogen-bond donors (Lipinski definition) is 1. The smallest absolute Gasteiger partial charge is 0.229 e. The number of nitrogens with one attached hydrogen (secondary N) is 1. The fraction of sp³-hybridized carbons (Fsp3) is 0.533. The summed E-state index contributed by atoms with van der Waals surface area (Å²) < 4.78 is 0. The van der Waals surface area contributed by atoms with Crippen molar-refractivity contribution in [2.24, 2.45) is 5.92 Å². The summed E-state index contributed by atoms with van der Waals surface area (Å²) >= 11 is 0. The van der Waals surface area contributed by atoms with Crippen LogP contribution >= 0.6 is 0 Å². The highest BCUT2D eigenvalue weighted by Gasteiger charge is 2.25. The summed E-state index contributed by atoms with van der Waals surface area (Å²) in [7, 11) is 1.89. The molecule has 1 aliphatic rings. The highest BCUT2D eigenvalue weighted by atomic mass is 16.2. The highest BCUT2D eigenvalue weighted by molar-refractivity contribution is 5.95. The lowest BCUT2D eigenvalue weighted by Gasteiger charge is -2.28. The van der Waals surface area contributed by atoms with Crippen LogP contribution in [0.25, 0.3) is 0 Å². The van der Waals surface area contributed by atoms with E-state index in [0.29, 0.717) is 0 Å². The van der Waals surface area contributed by atoms with Gasteiger partial charge in [-0.15, -0.1) is 0 Å². The normalized spacial score (nSPS) is 16.6. The monoisotopic (exact) mass is 246 g/mol. The number of anilines is 1. The number of nitrogens with zero attached hydrogens (tertiary/aromatic N) is 1. The second-order valence-electron chi connectivity index (χ2n) is 5.21. The predicted molar refractivity (Wildman–Crippen MR) is 74.9 cm³/mol. The summed E-state index contributed by atoms with van der Waals surface area (Å²) in [4.78, 5) is 14.3. The molecule has 1 aromatic carbocycles. The number of aryl methyl sites for hydroxylation is 2. The van der Waals surface area contributed by atoms with Crippen molar-refractivity contribution in [3.8, 4) is 0 Å². The van der Waals surface area contributed by atoms with Crippen LogP contribution in [-0.2, 0) is 4.79 Å². The van der Waals surface area contributed by atoms with Gasteiger partial charge in [-0.05, 0) is 51.4 Å². The minimum atomic E-state index is 0.178. The molecule has 0 aromatic heterocycles. The number of carbonyl (C=O) groups is 1. The Morgan fingerprint density at radius 3 is 2.56 bits per heavy atom. The van der Waals surface area contributed by atoms with Crippen LogP contribution in [0.1, 0.15) is 24.0 Å². The van der Waals surface area contributed by atoms with Crippen molar-refractivity contribution >= 4 is 11.6 Å². The van der Waals surface area contributed by atoms with E-state index in [0.717, 1.165) is 31.6 Å². The first-order valence-electron chi connectivity index (χ1n) is 6.65. The van der Waals surface area contributed by atoms with Crippen molar-refractivity contribution in [1.82, 2.24) is 5.32 Å². The van der Waals surface area contributed by atoms with Gasteiger partial charge in [0.2, 0.25) is 5.91 Å². The quantitative estimate of drug-likeness (QED) is 0.868. The zero-order chi connectivity index (χ0) is 13.1. The second-order valence-corrected chi connectivity index (χ2v) is 5.21. The molecule has 0 atom stereocenters. The molecule has 2 rings (SSSR count). The molecule has 1 aliphatic heterocycles. The fourth-order valence-corrected chi connectivity index (χ4v) is 2.64. The summed E-state index contributed by atoms with van der Waals surface area (Å²) in [5, 5.41) is 3.30. The van der Waals surface area contributed by atoms with E-state index >= 15 is 0 Å². The Morgan fingerprint density at radius 1 is 1.28 bits per heavy atom. The number of amides is 1. The molecule has 1 saturated heterocycles. The van der Waals surface area contributed by atoms with Crippen molar-refractivity contribution in [3.05, 3.63) is 29.3 Å². The molecule has 18 heavy (non-hydrogen) atoms. The average Bonchev–Trinajstić information content (AvgIpc) is 2.38. The van der Waals surface area contributed by atoms with Crippen molar-refractivity contribution < 1.29 is 4.79 Å². The lowest BCUT2D eigenvalue weighted by atomic mass is 9.96. The zero-order valence-corrected chi connectivity index (χ0v) is 11.5. The Balaban J connectivity index is 2.14. The van der Waals surface area contributed by atoms with Gasteiger partial charge in [-0.3, -0.25) is 4.79 Å². The van der Waals surface area contributed by atoms with Gasteiger partial charge >= 0.3 is 0 Å². The van der Waals surface area contributed by atoms with E-state index in [1.807, 2.05) is 18.0 Å². The molecule has 0 aliphatic carbocycles. The first-order chi connectivity index (χ1) is 8.59. The summed E-state index contributed by atoms with van der Waals surface area (Å²) in [6, 6.07) is 6.24. The highest BCUT2D eigenvalue weighted by Crippen LogP contribution is 2.23. The molecular formula is C15H22N2O. The van der Waals surface area contributed by atoms with E-state index < -0.39 is 0 Å². The van der Waals surface area contributed by atoms with Crippen LogP contribution in [0.15, 0.2) is 18.2 Å². The molecule has 1 amide bonds. The number of rotatable bonds is 2. The number of piperidine rings is 1. The molecule has 0 radical (unpaired) electrons. The van der Waals surface area contributed by atoms with E-state index in [-0.39, 0.29) is 11.8 Å². The van der Waals surface area contributed by atoms with Gasteiger partial charge in [0.05, 0.1) is 0 Å². The number of benzene rings is 1. The van der Waals surface area contributed by atoms with Crippen LogP contribution in [-0.4, -0.2) is 26.0 Å². The standard InChI is InChI=1S/C15H22N2O/c1-11-4-5-14(12(2)10-11)17(3)15(18)13-6-8-16-9-7-13/h4-5,10,13,16H,6-9H2,1-3H3. The second kappa shape index (κ2) is 5.53. The van der Waals surface area contributed by atoms with Crippen molar-refractivity contribution in [2.75, 3.05) is 25.0 Å². The minimum absolute atomic E-state index is 0.178. The summed E-state index contributed by atoms with van der Waals surface area (Å²) in [5.41, 5.74) is 3.43. The van der Waals surface area contributed by atoms with Crippen LogP contribution < -0.4 is 10.2 Å². The third kappa shape index (κ3) is 2.72. The van der Waals surface area contributed by atoms with Crippen LogP contribution in [0, 0.1) is 19.8 Å². The van der Waals surface area contributed by atoms with Crippen LogP contribution in [0.5, 0.6) is 0 Å². The lowest BCUT2D eigenvalue weighted by Crippen LogP contribution is -2.39. The molecule has 0 spiro atoms. The van der Waals surface area contributed by atoms with E-state index in [4.69, 9.17) is 0 Å². The fourth-order valence-electron chi connectivity index (χ4n) is 2.64. The lowest BCUT2D eigenvalue weighted by molar-refractivity contribution is -0.122. The molecule has 0 bridgehead atoms. The Morgan fingerprint density at radius 2 is 1.94 bits per heavy atom. The molecule has 1 N–H and O–H groups in total. The van der Waals surface area contributed by atoms with Gasteiger partial charge in [-0.2, -0.15) is 0 Å². The average molecular weight is 246 g/mol. The van der Waals surface area contributed by atoms with E-state index in [9.17, 15) is 4.79 Å². The van der Waals surface area contributed by atoms with Gasteiger partial charge in [0.1, 0.15) is 0 Å². The van der Waals surface area contributed by atoms with E-state index in [2.05, 4.69) is 31.3 Å². The van der Waals surface area contributed by atoms with Gasteiger partial charge in [0, 0.05) is 18.7 Å². The molecule has 0 saturated carbocycles. The zero-order valence-electron chi connectivity index (χ0n) is 11.5. The van der Waals surface area contributed by atoms with Gasteiger partial charge in [-0.1, -0.05) is 17.7 Å². The summed E-state index contributed by atoms with van der Waals surface area (Å²) in [6.07, 6.45) is 1.90. The third-order valence-electron chi connectivity index (χ3n) is 3.73. The van der Waals surface area contributed by atoms with E-state index in [1.165, 1.54) is 11.1 Å². The molecule has 98 valence electrons.